The number of carbonyl (C=O) groups is 1. The highest BCUT2D eigenvalue weighted by Crippen LogP contribution is 2.40. The number of fused-ring (bicyclic) bond motifs is 2. The van der Waals surface area contributed by atoms with E-state index >= 15 is 0 Å². The van der Waals surface area contributed by atoms with Gasteiger partial charge in [-0.2, -0.15) is 0 Å². The van der Waals surface area contributed by atoms with Crippen molar-refractivity contribution in [1.82, 2.24) is 20.0 Å². The molecule has 8 nitrogen and oxygen atoms in total. The third-order valence-electron chi connectivity index (χ3n) is 6.07. The third kappa shape index (κ3) is 3.05. The Morgan fingerprint density at radius 1 is 1.36 bits per heavy atom. The quantitative estimate of drug-likeness (QED) is 0.865. The van der Waals surface area contributed by atoms with Gasteiger partial charge in [-0.3, -0.25) is 4.79 Å². The maximum atomic E-state index is 12.8. The van der Waals surface area contributed by atoms with Crippen molar-refractivity contribution in [3.8, 4) is 0 Å². The summed E-state index contributed by atoms with van der Waals surface area (Å²) in [6.45, 7) is 7.06. The SMILES string of the molecule is Cc1cc(C(=O)N2CC[C@@]3(COCc4c(C)nc(NCC5CC5)nc43)C2)no1. The lowest BCUT2D eigenvalue weighted by Crippen LogP contribution is -2.42. The van der Waals surface area contributed by atoms with Crippen molar-refractivity contribution in [2.24, 2.45) is 5.92 Å². The molecule has 1 saturated carbocycles. The lowest BCUT2D eigenvalue weighted by molar-refractivity contribution is 0.0479. The molecule has 2 aromatic heterocycles. The van der Waals surface area contributed by atoms with Crippen LogP contribution in [0.25, 0.3) is 0 Å². The highest BCUT2D eigenvalue weighted by atomic mass is 16.5. The fraction of sp³-hybridized carbons (Fsp3) is 0.600. The van der Waals surface area contributed by atoms with Crippen LogP contribution in [-0.4, -0.2) is 52.2 Å². The van der Waals surface area contributed by atoms with Gasteiger partial charge in [0.25, 0.3) is 5.91 Å². The lowest BCUT2D eigenvalue weighted by Gasteiger charge is -2.35. The van der Waals surface area contributed by atoms with Gasteiger partial charge in [0, 0.05) is 37.0 Å². The van der Waals surface area contributed by atoms with Gasteiger partial charge in [-0.1, -0.05) is 5.16 Å². The van der Waals surface area contributed by atoms with E-state index in [-0.39, 0.29) is 11.3 Å². The van der Waals surface area contributed by atoms with Crippen molar-refractivity contribution in [2.45, 2.75) is 45.1 Å². The summed E-state index contributed by atoms with van der Waals surface area (Å²) in [4.78, 5) is 24.2. The predicted octanol–water partition coefficient (Wildman–Crippen LogP) is 2.22. The Morgan fingerprint density at radius 3 is 2.96 bits per heavy atom. The zero-order valence-electron chi connectivity index (χ0n) is 16.3. The second-order valence-electron chi connectivity index (χ2n) is 8.36. The van der Waals surface area contributed by atoms with Crippen LogP contribution in [0.1, 0.15) is 52.5 Å². The van der Waals surface area contributed by atoms with E-state index in [1.54, 1.807) is 13.0 Å². The summed E-state index contributed by atoms with van der Waals surface area (Å²) in [7, 11) is 0. The topological polar surface area (TPSA) is 93.4 Å². The summed E-state index contributed by atoms with van der Waals surface area (Å²) in [6, 6.07) is 1.69. The van der Waals surface area contributed by atoms with E-state index in [0.29, 0.717) is 43.7 Å². The van der Waals surface area contributed by atoms with E-state index in [0.717, 1.165) is 35.8 Å². The molecule has 1 N–H and O–H groups in total. The predicted molar refractivity (Wildman–Crippen MR) is 101 cm³/mol. The van der Waals surface area contributed by atoms with Gasteiger partial charge in [-0.25, -0.2) is 9.97 Å². The van der Waals surface area contributed by atoms with E-state index in [2.05, 4.69) is 15.5 Å². The first kappa shape index (κ1) is 17.6. The van der Waals surface area contributed by atoms with Crippen LogP contribution in [-0.2, 0) is 16.8 Å². The summed E-state index contributed by atoms with van der Waals surface area (Å²) in [5.41, 5.74) is 3.13. The first-order valence-corrected chi connectivity index (χ1v) is 9.96. The molecule has 148 valence electrons. The number of nitrogens with one attached hydrogen (secondary N) is 1. The molecular formula is C20H25N5O3. The number of hydrogen-bond acceptors (Lipinski definition) is 7. The molecule has 1 amide bonds. The van der Waals surface area contributed by atoms with Crippen molar-refractivity contribution < 1.29 is 14.1 Å². The van der Waals surface area contributed by atoms with Gasteiger partial charge in [0.15, 0.2) is 5.69 Å². The Labute approximate surface area is 163 Å². The molecule has 3 aliphatic rings. The maximum absolute atomic E-state index is 12.8. The molecule has 2 aromatic rings. The van der Waals surface area contributed by atoms with E-state index < -0.39 is 0 Å². The molecule has 8 heteroatoms. The largest absolute Gasteiger partial charge is 0.376 e. The summed E-state index contributed by atoms with van der Waals surface area (Å²) >= 11 is 0. The summed E-state index contributed by atoms with van der Waals surface area (Å²) in [5, 5.41) is 7.28. The van der Waals surface area contributed by atoms with Crippen LogP contribution < -0.4 is 5.32 Å². The molecule has 1 spiro atoms. The minimum absolute atomic E-state index is 0.0984. The highest BCUT2D eigenvalue weighted by Gasteiger charge is 2.47. The number of carbonyl (C=O) groups excluding carboxylic acids is 1. The number of nitrogens with zero attached hydrogens (tertiary/aromatic N) is 4. The van der Waals surface area contributed by atoms with Crippen LogP contribution in [0.5, 0.6) is 0 Å². The molecule has 5 rings (SSSR count). The zero-order valence-corrected chi connectivity index (χ0v) is 16.3. The molecule has 0 unspecified atom stereocenters. The molecule has 1 atom stereocenters. The fourth-order valence-electron chi connectivity index (χ4n) is 4.25. The smallest absolute Gasteiger partial charge is 0.276 e. The molecule has 2 aliphatic heterocycles. The summed E-state index contributed by atoms with van der Waals surface area (Å²) in [6.07, 6.45) is 3.39. The minimum atomic E-state index is -0.286. The highest BCUT2D eigenvalue weighted by molar-refractivity contribution is 5.92. The van der Waals surface area contributed by atoms with Crippen LogP contribution in [0.4, 0.5) is 5.95 Å². The average Bonchev–Trinajstić information content (AvgIpc) is 3.27. The lowest BCUT2D eigenvalue weighted by atomic mass is 9.80. The number of rotatable bonds is 4. The van der Waals surface area contributed by atoms with E-state index in [9.17, 15) is 4.79 Å². The monoisotopic (exact) mass is 383 g/mol. The van der Waals surface area contributed by atoms with Gasteiger partial charge in [-0.05, 0) is 39.0 Å². The van der Waals surface area contributed by atoms with Gasteiger partial charge in [0.05, 0.1) is 24.3 Å². The molecule has 4 heterocycles. The Kier molecular flexibility index (Phi) is 4.12. The Balaban J connectivity index is 1.42. The zero-order chi connectivity index (χ0) is 19.3. The van der Waals surface area contributed by atoms with Crippen molar-refractivity contribution in [3.05, 3.63) is 34.5 Å². The average molecular weight is 383 g/mol. The first-order chi connectivity index (χ1) is 13.5. The van der Waals surface area contributed by atoms with Gasteiger partial charge in [0.1, 0.15) is 5.76 Å². The fourth-order valence-corrected chi connectivity index (χ4v) is 4.25. The van der Waals surface area contributed by atoms with E-state index in [1.807, 2.05) is 11.8 Å². The van der Waals surface area contributed by atoms with Crippen LogP contribution in [0.15, 0.2) is 10.6 Å². The first-order valence-electron chi connectivity index (χ1n) is 9.96. The van der Waals surface area contributed by atoms with Crippen molar-refractivity contribution in [1.29, 1.82) is 0 Å². The number of hydrogen-bond donors (Lipinski definition) is 1. The number of anilines is 1. The van der Waals surface area contributed by atoms with Gasteiger partial charge >= 0.3 is 0 Å². The molecule has 0 aromatic carbocycles. The summed E-state index contributed by atoms with van der Waals surface area (Å²) < 4.78 is 11.0. The molecule has 2 fully saturated rings. The van der Waals surface area contributed by atoms with Gasteiger partial charge in [-0.15, -0.1) is 0 Å². The Morgan fingerprint density at radius 2 is 2.21 bits per heavy atom. The van der Waals surface area contributed by atoms with Crippen LogP contribution in [0.2, 0.25) is 0 Å². The van der Waals surface area contributed by atoms with Crippen LogP contribution in [0.3, 0.4) is 0 Å². The number of amides is 1. The van der Waals surface area contributed by atoms with Crippen molar-refractivity contribution >= 4 is 11.9 Å². The molecule has 1 aliphatic carbocycles. The summed E-state index contributed by atoms with van der Waals surface area (Å²) in [5.74, 6) is 1.99. The molecule has 0 radical (unpaired) electrons. The minimum Gasteiger partial charge on any atom is -0.376 e. The molecular weight excluding hydrogens is 358 g/mol. The van der Waals surface area contributed by atoms with E-state index in [4.69, 9.17) is 14.2 Å². The number of likely N-dealkylation sites (tertiary alicyclic amines) is 1. The molecule has 28 heavy (non-hydrogen) atoms. The third-order valence-corrected chi connectivity index (χ3v) is 6.07. The number of aromatic nitrogens is 3. The standard InChI is InChI=1S/C20H25N5O3/c1-12-7-16(24-28-12)18(26)25-6-5-20(10-25)11-27-9-15-13(2)22-19(23-17(15)20)21-8-14-3-4-14/h7,14H,3-6,8-11H2,1-2H3,(H,21,22,23)/t20-/m0/s1. The maximum Gasteiger partial charge on any atom is 0.276 e. The van der Waals surface area contributed by atoms with Gasteiger partial charge < -0.3 is 19.5 Å². The van der Waals surface area contributed by atoms with Crippen molar-refractivity contribution in [2.75, 3.05) is 31.6 Å². The van der Waals surface area contributed by atoms with E-state index in [1.165, 1.54) is 12.8 Å². The van der Waals surface area contributed by atoms with Crippen LogP contribution in [0, 0.1) is 19.8 Å². The Hall–Kier alpha value is -2.48. The Bertz CT molecular complexity index is 923. The normalized spacial score (nSPS) is 23.9. The molecule has 1 saturated heterocycles. The molecule has 0 bridgehead atoms. The van der Waals surface area contributed by atoms with Crippen LogP contribution >= 0.6 is 0 Å². The van der Waals surface area contributed by atoms with Gasteiger partial charge in [0.2, 0.25) is 5.95 Å². The second kappa shape index (κ2) is 6.55. The second-order valence-corrected chi connectivity index (χ2v) is 8.36. The number of aryl methyl sites for hydroxylation is 2. The van der Waals surface area contributed by atoms with Crippen molar-refractivity contribution in [3.63, 3.8) is 0 Å². The number of ether oxygens (including phenoxy) is 1.